The number of amides is 1. The molecule has 14 heteroatoms. The molecule has 0 spiro atoms. The first kappa shape index (κ1) is 54.3. The minimum atomic E-state index is -1.79. The Morgan fingerprint density at radius 1 is 0.600 bits per heavy atom. The summed E-state index contributed by atoms with van der Waals surface area (Å²) in [5, 5.41) is 86.4. The molecule has 60 heavy (non-hydrogen) atoms. The third-order valence-electron chi connectivity index (χ3n) is 11.3. The van der Waals surface area contributed by atoms with Crippen LogP contribution in [-0.2, 0) is 23.7 Å². The normalized spacial score (nSPS) is 28.6. The molecule has 0 bridgehead atoms. The Morgan fingerprint density at radius 2 is 1.13 bits per heavy atom. The lowest BCUT2D eigenvalue weighted by Gasteiger charge is -2.46. The zero-order chi connectivity index (χ0) is 44.0. The van der Waals surface area contributed by atoms with Crippen LogP contribution in [-0.4, -0.2) is 140 Å². The molecule has 14 nitrogen and oxygen atoms in total. The van der Waals surface area contributed by atoms with Gasteiger partial charge in [0.2, 0.25) is 5.91 Å². The fraction of sp³-hybridized carbons (Fsp3) is 0.848. The maximum atomic E-state index is 13.1. The van der Waals surface area contributed by atoms with E-state index in [0.717, 1.165) is 70.6 Å². The van der Waals surface area contributed by atoms with Crippen LogP contribution in [0.5, 0.6) is 0 Å². The van der Waals surface area contributed by atoms with Crippen molar-refractivity contribution < 1.29 is 64.6 Å². The van der Waals surface area contributed by atoms with E-state index < -0.39 is 86.8 Å². The van der Waals surface area contributed by atoms with E-state index in [9.17, 15) is 45.6 Å². The number of rotatable bonds is 34. The number of carbonyl (C=O) groups is 1. The van der Waals surface area contributed by atoms with Gasteiger partial charge in [-0.2, -0.15) is 0 Å². The molecule has 2 heterocycles. The molecule has 0 saturated carbocycles. The summed E-state index contributed by atoms with van der Waals surface area (Å²) in [6.45, 7) is 2.67. The molecular formula is C46H83NO13. The van der Waals surface area contributed by atoms with Crippen LogP contribution in [0.3, 0.4) is 0 Å². The number of aliphatic hydroxyl groups excluding tert-OH is 8. The summed E-state index contributed by atoms with van der Waals surface area (Å²) in [5.74, 6) is -0.258. The van der Waals surface area contributed by atoms with Crippen molar-refractivity contribution >= 4 is 5.91 Å². The second-order valence-electron chi connectivity index (χ2n) is 16.5. The Morgan fingerprint density at radius 3 is 1.73 bits per heavy atom. The minimum Gasteiger partial charge on any atom is -0.394 e. The van der Waals surface area contributed by atoms with Crippen molar-refractivity contribution in [3.63, 3.8) is 0 Å². The zero-order valence-corrected chi connectivity index (χ0v) is 36.7. The lowest BCUT2D eigenvalue weighted by Crippen LogP contribution is -2.65. The molecule has 0 aromatic rings. The summed E-state index contributed by atoms with van der Waals surface area (Å²) in [5.41, 5.74) is 0. The largest absolute Gasteiger partial charge is 0.394 e. The van der Waals surface area contributed by atoms with E-state index in [1.165, 1.54) is 57.8 Å². The summed E-state index contributed by atoms with van der Waals surface area (Å²) in [7, 11) is 0. The second kappa shape index (κ2) is 33.7. The third kappa shape index (κ3) is 21.5. The molecule has 350 valence electrons. The lowest BCUT2D eigenvalue weighted by atomic mass is 9.97. The Kier molecular flexibility index (Phi) is 30.5. The maximum absolute atomic E-state index is 13.1. The molecule has 2 aliphatic heterocycles. The highest BCUT2D eigenvalue weighted by molar-refractivity contribution is 5.76. The van der Waals surface area contributed by atoms with Crippen LogP contribution in [0, 0.1) is 0 Å². The van der Waals surface area contributed by atoms with Gasteiger partial charge in [0.25, 0.3) is 0 Å². The van der Waals surface area contributed by atoms with Gasteiger partial charge in [0, 0.05) is 6.42 Å². The van der Waals surface area contributed by atoms with Crippen LogP contribution in [0.25, 0.3) is 0 Å². The summed E-state index contributed by atoms with van der Waals surface area (Å²) in [6, 6.07) is -0.918. The summed E-state index contributed by atoms with van der Waals surface area (Å²) >= 11 is 0. The molecule has 0 aromatic heterocycles. The van der Waals surface area contributed by atoms with Gasteiger partial charge in [-0.1, -0.05) is 140 Å². The highest BCUT2D eigenvalue weighted by Crippen LogP contribution is 2.30. The van der Waals surface area contributed by atoms with Crippen molar-refractivity contribution in [2.45, 2.75) is 229 Å². The quantitative estimate of drug-likeness (QED) is 0.0315. The number of unbranched alkanes of at least 4 members (excludes halogenated alkanes) is 17. The van der Waals surface area contributed by atoms with E-state index in [4.69, 9.17) is 18.9 Å². The van der Waals surface area contributed by atoms with Crippen LogP contribution in [0.2, 0.25) is 0 Å². The lowest BCUT2D eigenvalue weighted by molar-refractivity contribution is -0.359. The fourth-order valence-corrected chi connectivity index (χ4v) is 7.44. The molecule has 2 rings (SSSR count). The van der Waals surface area contributed by atoms with Crippen LogP contribution < -0.4 is 5.32 Å². The number of hydrogen-bond donors (Lipinski definition) is 9. The highest BCUT2D eigenvalue weighted by atomic mass is 16.7. The van der Waals surface area contributed by atoms with Gasteiger partial charge in [0.05, 0.1) is 32.0 Å². The fourth-order valence-electron chi connectivity index (χ4n) is 7.44. The monoisotopic (exact) mass is 858 g/mol. The Bertz CT molecular complexity index is 1150. The summed E-state index contributed by atoms with van der Waals surface area (Å²) in [4.78, 5) is 13.1. The molecule has 0 radical (unpaired) electrons. The van der Waals surface area contributed by atoms with E-state index >= 15 is 0 Å². The van der Waals surface area contributed by atoms with Gasteiger partial charge < -0.3 is 65.1 Å². The Labute approximate surface area is 360 Å². The molecule has 2 aliphatic rings. The Balaban J connectivity index is 1.91. The van der Waals surface area contributed by atoms with Crippen LogP contribution >= 0.6 is 0 Å². The van der Waals surface area contributed by atoms with E-state index in [0.29, 0.717) is 6.42 Å². The van der Waals surface area contributed by atoms with Crippen LogP contribution in [0.1, 0.15) is 155 Å². The van der Waals surface area contributed by atoms with Crippen molar-refractivity contribution in [2.24, 2.45) is 0 Å². The predicted octanol–water partition coefficient (Wildman–Crippen LogP) is 4.76. The van der Waals surface area contributed by atoms with E-state index in [1.807, 2.05) is 6.08 Å². The summed E-state index contributed by atoms with van der Waals surface area (Å²) in [6.07, 6.45) is 19.0. The number of allylic oxidation sites excluding steroid dienone is 5. The maximum Gasteiger partial charge on any atom is 0.220 e. The molecule has 9 N–H and O–H groups in total. The first-order chi connectivity index (χ1) is 29.1. The van der Waals surface area contributed by atoms with Gasteiger partial charge in [0.15, 0.2) is 12.6 Å². The summed E-state index contributed by atoms with van der Waals surface area (Å²) < 4.78 is 22.6. The first-order valence-electron chi connectivity index (χ1n) is 23.2. The SMILES string of the molecule is CCC/C=C\C/C=C\CCCCCCCC(=O)NC(COC1OC(CO)C(OC2OC(CO)C(O)C(O)C2O)C(O)C1O)C(O)/C=C/CCCCCCCCCCCCC. The molecule has 0 aliphatic carbocycles. The molecule has 0 aromatic carbocycles. The third-order valence-corrected chi connectivity index (χ3v) is 11.3. The Hall–Kier alpha value is -1.79. The highest BCUT2D eigenvalue weighted by Gasteiger charge is 2.50. The van der Waals surface area contributed by atoms with Crippen molar-refractivity contribution in [3.8, 4) is 0 Å². The molecule has 12 atom stereocenters. The molecular weight excluding hydrogens is 774 g/mol. The smallest absolute Gasteiger partial charge is 0.220 e. The number of ether oxygens (including phenoxy) is 4. The van der Waals surface area contributed by atoms with Gasteiger partial charge in [0.1, 0.15) is 48.8 Å². The predicted molar refractivity (Wildman–Crippen MR) is 231 cm³/mol. The van der Waals surface area contributed by atoms with Crippen LogP contribution in [0.4, 0.5) is 0 Å². The van der Waals surface area contributed by atoms with E-state index in [2.05, 4.69) is 43.5 Å². The minimum absolute atomic E-state index is 0.258. The van der Waals surface area contributed by atoms with Gasteiger partial charge in [-0.15, -0.1) is 0 Å². The van der Waals surface area contributed by atoms with Crippen molar-refractivity contribution in [2.75, 3.05) is 19.8 Å². The van der Waals surface area contributed by atoms with Gasteiger partial charge >= 0.3 is 0 Å². The molecule has 2 saturated heterocycles. The number of nitrogens with one attached hydrogen (secondary N) is 1. The number of carbonyl (C=O) groups excluding carboxylic acids is 1. The van der Waals surface area contributed by atoms with Gasteiger partial charge in [-0.25, -0.2) is 0 Å². The average molecular weight is 858 g/mol. The molecule has 1 amide bonds. The number of hydrogen-bond acceptors (Lipinski definition) is 13. The van der Waals surface area contributed by atoms with Gasteiger partial charge in [-0.3, -0.25) is 4.79 Å². The van der Waals surface area contributed by atoms with Crippen LogP contribution in [0.15, 0.2) is 36.5 Å². The van der Waals surface area contributed by atoms with Crippen molar-refractivity contribution in [3.05, 3.63) is 36.5 Å². The van der Waals surface area contributed by atoms with E-state index in [-0.39, 0.29) is 18.9 Å². The zero-order valence-electron chi connectivity index (χ0n) is 36.7. The molecule has 2 fully saturated rings. The van der Waals surface area contributed by atoms with E-state index in [1.54, 1.807) is 6.08 Å². The first-order valence-corrected chi connectivity index (χ1v) is 23.2. The topological polar surface area (TPSA) is 228 Å². The standard InChI is InChI=1S/C46H83NO13/c1-3-5-7-9-11-13-15-17-19-21-23-25-27-29-35(50)34(47-38(51)30-28-26-24-22-20-18-16-14-12-10-8-6-4-2)33-57-45-43(56)41(54)44(37(32-49)59-45)60-46-42(55)40(53)39(52)36(31-48)58-46/h8,10,14,16,27,29,34-37,39-46,48-50,52-56H,3-7,9,11-13,15,17-26,28,30-33H2,1-2H3,(H,47,51)/b10-8-,16-14-,29-27+. The van der Waals surface area contributed by atoms with Gasteiger partial charge in [-0.05, 0) is 44.9 Å². The van der Waals surface area contributed by atoms with Crippen molar-refractivity contribution in [1.82, 2.24) is 5.32 Å². The number of aliphatic hydroxyl groups is 8. The second-order valence-corrected chi connectivity index (χ2v) is 16.5. The molecule has 12 unspecified atom stereocenters. The van der Waals surface area contributed by atoms with Crippen molar-refractivity contribution in [1.29, 1.82) is 0 Å². The average Bonchev–Trinajstić information content (AvgIpc) is 3.24.